The molecule has 0 aliphatic rings. The Morgan fingerprint density at radius 2 is 2.19 bits per heavy atom. The van der Waals surface area contributed by atoms with Crippen molar-refractivity contribution in [2.45, 2.75) is 6.42 Å². The van der Waals surface area contributed by atoms with Crippen molar-refractivity contribution in [3.8, 4) is 22.8 Å². The van der Waals surface area contributed by atoms with E-state index < -0.39 is 0 Å². The number of halogens is 1. The average Bonchev–Trinajstić information content (AvgIpc) is 2.95. The van der Waals surface area contributed by atoms with Crippen LogP contribution < -0.4 is 14.8 Å². The van der Waals surface area contributed by atoms with Gasteiger partial charge in [0, 0.05) is 22.7 Å². The highest BCUT2D eigenvalue weighted by molar-refractivity contribution is 9.09. The van der Waals surface area contributed by atoms with Gasteiger partial charge in [-0.2, -0.15) is 0 Å². The Labute approximate surface area is 135 Å². The minimum atomic E-state index is -0.0645. The lowest BCUT2D eigenvalue weighted by Crippen LogP contribution is -2.11. The summed E-state index contributed by atoms with van der Waals surface area (Å²) in [6.45, 7) is 0. The molecule has 0 saturated heterocycles. The Morgan fingerprint density at radius 1 is 1.38 bits per heavy atom. The normalized spacial score (nSPS) is 10.2. The summed E-state index contributed by atoms with van der Waals surface area (Å²) in [7, 11) is 3.22. The molecule has 0 bridgehead atoms. The van der Waals surface area contributed by atoms with Gasteiger partial charge in [0.1, 0.15) is 11.5 Å². The molecule has 0 atom stereocenters. The molecule has 21 heavy (non-hydrogen) atoms. The van der Waals surface area contributed by atoms with Crippen LogP contribution in [0, 0.1) is 0 Å². The lowest BCUT2D eigenvalue weighted by Gasteiger charge is -2.08. The summed E-state index contributed by atoms with van der Waals surface area (Å²) in [4.78, 5) is 16.0. The quantitative estimate of drug-likeness (QED) is 0.789. The number of amides is 1. The van der Waals surface area contributed by atoms with E-state index in [1.807, 2.05) is 23.6 Å². The van der Waals surface area contributed by atoms with Crippen molar-refractivity contribution in [3.63, 3.8) is 0 Å². The van der Waals surface area contributed by atoms with Crippen molar-refractivity contribution < 1.29 is 14.3 Å². The van der Waals surface area contributed by atoms with E-state index in [2.05, 4.69) is 26.2 Å². The number of hydrogen-bond donors (Lipinski definition) is 1. The summed E-state index contributed by atoms with van der Waals surface area (Å²) in [6, 6.07) is 5.52. The molecule has 7 heteroatoms. The minimum absolute atomic E-state index is 0.0645. The monoisotopic (exact) mass is 370 g/mol. The number of ether oxygens (including phenoxy) is 2. The molecule has 0 radical (unpaired) electrons. The molecule has 0 fully saturated rings. The first kappa shape index (κ1) is 15.8. The minimum Gasteiger partial charge on any atom is -0.497 e. The number of thiazole rings is 1. The van der Waals surface area contributed by atoms with Gasteiger partial charge in [-0.3, -0.25) is 4.79 Å². The number of anilines is 1. The van der Waals surface area contributed by atoms with Crippen LogP contribution in [0.3, 0.4) is 0 Å². The van der Waals surface area contributed by atoms with Crippen LogP contribution in [0.2, 0.25) is 0 Å². The standard InChI is InChI=1S/C14H15BrN2O3S/c1-19-9-3-4-12(20-2)10(7-9)11-8-21-14(16-11)17-13(18)5-6-15/h3-4,7-8H,5-6H2,1-2H3,(H,16,17,18). The van der Waals surface area contributed by atoms with Crippen LogP contribution in [0.1, 0.15) is 6.42 Å². The van der Waals surface area contributed by atoms with Crippen LogP contribution >= 0.6 is 27.3 Å². The van der Waals surface area contributed by atoms with Crippen LogP contribution in [0.25, 0.3) is 11.3 Å². The highest BCUT2D eigenvalue weighted by atomic mass is 79.9. The van der Waals surface area contributed by atoms with Gasteiger partial charge in [-0.25, -0.2) is 4.98 Å². The average molecular weight is 371 g/mol. The van der Waals surface area contributed by atoms with Crippen LogP contribution in [-0.4, -0.2) is 30.4 Å². The summed E-state index contributed by atoms with van der Waals surface area (Å²) < 4.78 is 10.6. The summed E-state index contributed by atoms with van der Waals surface area (Å²) >= 11 is 4.61. The molecule has 1 aromatic carbocycles. The molecule has 2 aromatic rings. The third-order valence-electron chi connectivity index (χ3n) is 2.75. The molecule has 0 spiro atoms. The lowest BCUT2D eigenvalue weighted by molar-refractivity contribution is -0.115. The second-order valence-electron chi connectivity index (χ2n) is 4.09. The van der Waals surface area contributed by atoms with Gasteiger partial charge in [0.25, 0.3) is 0 Å². The first-order chi connectivity index (χ1) is 10.2. The fourth-order valence-corrected chi connectivity index (χ4v) is 2.82. The van der Waals surface area contributed by atoms with Gasteiger partial charge in [0.15, 0.2) is 5.13 Å². The van der Waals surface area contributed by atoms with Crippen molar-refractivity contribution in [2.75, 3.05) is 24.9 Å². The van der Waals surface area contributed by atoms with E-state index in [0.29, 0.717) is 22.6 Å². The van der Waals surface area contributed by atoms with E-state index in [9.17, 15) is 4.79 Å². The SMILES string of the molecule is COc1ccc(OC)c(-c2csc(NC(=O)CCBr)n2)c1. The van der Waals surface area contributed by atoms with E-state index >= 15 is 0 Å². The van der Waals surface area contributed by atoms with Crippen LogP contribution in [-0.2, 0) is 4.79 Å². The number of carbonyl (C=O) groups excluding carboxylic acids is 1. The zero-order chi connectivity index (χ0) is 15.2. The fourth-order valence-electron chi connectivity index (χ4n) is 1.74. The number of hydrogen-bond acceptors (Lipinski definition) is 5. The van der Waals surface area contributed by atoms with Crippen molar-refractivity contribution in [1.82, 2.24) is 4.98 Å². The van der Waals surface area contributed by atoms with E-state index in [1.54, 1.807) is 14.2 Å². The number of alkyl halides is 1. The molecule has 0 saturated carbocycles. The van der Waals surface area contributed by atoms with Crippen molar-refractivity contribution >= 4 is 38.3 Å². The number of nitrogens with zero attached hydrogens (tertiary/aromatic N) is 1. The van der Waals surface area contributed by atoms with Gasteiger partial charge in [0.05, 0.1) is 19.9 Å². The maximum Gasteiger partial charge on any atom is 0.226 e. The van der Waals surface area contributed by atoms with Gasteiger partial charge < -0.3 is 14.8 Å². The Kier molecular flexibility index (Phi) is 5.58. The van der Waals surface area contributed by atoms with Crippen molar-refractivity contribution in [2.24, 2.45) is 0 Å². The fraction of sp³-hybridized carbons (Fsp3) is 0.286. The second kappa shape index (κ2) is 7.42. The molecule has 112 valence electrons. The summed E-state index contributed by atoms with van der Waals surface area (Å²) in [5, 5.41) is 5.84. The number of carbonyl (C=O) groups is 1. The van der Waals surface area contributed by atoms with E-state index in [4.69, 9.17) is 9.47 Å². The molecule has 1 heterocycles. The predicted molar refractivity (Wildman–Crippen MR) is 87.7 cm³/mol. The van der Waals surface area contributed by atoms with Crippen LogP contribution in [0.5, 0.6) is 11.5 Å². The number of nitrogens with one attached hydrogen (secondary N) is 1. The molecule has 1 amide bonds. The molecule has 5 nitrogen and oxygen atoms in total. The van der Waals surface area contributed by atoms with Gasteiger partial charge in [-0.15, -0.1) is 11.3 Å². The second-order valence-corrected chi connectivity index (χ2v) is 5.74. The zero-order valence-corrected chi connectivity index (χ0v) is 14.1. The molecule has 1 N–H and O–H groups in total. The molecular formula is C14H15BrN2O3S. The summed E-state index contributed by atoms with van der Waals surface area (Å²) in [5.74, 6) is 1.37. The highest BCUT2D eigenvalue weighted by Gasteiger charge is 2.12. The van der Waals surface area contributed by atoms with Crippen molar-refractivity contribution in [1.29, 1.82) is 0 Å². The molecule has 2 rings (SSSR count). The van der Waals surface area contributed by atoms with E-state index in [-0.39, 0.29) is 5.91 Å². The number of methoxy groups -OCH3 is 2. The van der Waals surface area contributed by atoms with Crippen LogP contribution in [0.15, 0.2) is 23.6 Å². The molecule has 0 unspecified atom stereocenters. The molecule has 1 aromatic heterocycles. The van der Waals surface area contributed by atoms with E-state index in [0.717, 1.165) is 17.0 Å². The van der Waals surface area contributed by atoms with E-state index in [1.165, 1.54) is 11.3 Å². The molecular weight excluding hydrogens is 356 g/mol. The first-order valence-electron chi connectivity index (χ1n) is 6.21. The Hall–Kier alpha value is -1.60. The molecule has 0 aliphatic carbocycles. The zero-order valence-electron chi connectivity index (χ0n) is 11.7. The maximum atomic E-state index is 11.6. The predicted octanol–water partition coefficient (Wildman–Crippen LogP) is 3.55. The van der Waals surface area contributed by atoms with Gasteiger partial charge in [-0.05, 0) is 18.2 Å². The van der Waals surface area contributed by atoms with Gasteiger partial charge >= 0.3 is 0 Å². The highest BCUT2D eigenvalue weighted by Crippen LogP contribution is 2.34. The van der Waals surface area contributed by atoms with Crippen molar-refractivity contribution in [3.05, 3.63) is 23.6 Å². The van der Waals surface area contributed by atoms with Crippen LogP contribution in [0.4, 0.5) is 5.13 Å². The largest absolute Gasteiger partial charge is 0.497 e. The maximum absolute atomic E-state index is 11.6. The lowest BCUT2D eigenvalue weighted by atomic mass is 10.1. The molecule has 0 aliphatic heterocycles. The Balaban J connectivity index is 2.26. The number of rotatable bonds is 6. The van der Waals surface area contributed by atoms with Gasteiger partial charge in [0.2, 0.25) is 5.91 Å². The third-order valence-corrected chi connectivity index (χ3v) is 3.91. The Bertz CT molecular complexity index is 630. The number of benzene rings is 1. The summed E-state index contributed by atoms with van der Waals surface area (Å²) in [5.41, 5.74) is 1.57. The summed E-state index contributed by atoms with van der Waals surface area (Å²) in [6.07, 6.45) is 0.414. The Morgan fingerprint density at radius 3 is 2.86 bits per heavy atom. The first-order valence-corrected chi connectivity index (χ1v) is 8.21. The number of aromatic nitrogens is 1. The topological polar surface area (TPSA) is 60.5 Å². The third kappa shape index (κ3) is 3.95. The smallest absolute Gasteiger partial charge is 0.226 e. The van der Waals surface area contributed by atoms with Gasteiger partial charge in [-0.1, -0.05) is 15.9 Å².